The van der Waals surface area contributed by atoms with Gasteiger partial charge in [0.15, 0.2) is 17.5 Å². The molecule has 520 valence electrons. The lowest BCUT2D eigenvalue weighted by atomic mass is 9.44. The van der Waals surface area contributed by atoms with Crippen LogP contribution in [0.1, 0.15) is 147 Å². The number of amides is 6. The van der Waals surface area contributed by atoms with Crippen LogP contribution in [0.4, 0.5) is 0 Å². The number of carboxylic acid groups (broad SMARTS) is 1. The Labute approximate surface area is 557 Å². The fraction of sp³-hybridized carbons (Fsp3) is 0.529. The monoisotopic (exact) mass is 1330 g/mol. The van der Waals surface area contributed by atoms with E-state index in [9.17, 15) is 63.6 Å². The topological polar surface area (TPSA) is 401 Å². The highest BCUT2D eigenvalue weighted by atomic mass is 16.6. The highest BCUT2D eigenvalue weighted by Gasteiger charge is 2.78. The molecule has 4 aliphatic rings. The number of aliphatic hydroxyl groups is 3. The second-order valence-corrected chi connectivity index (χ2v) is 27.0. The SMILES string of the molecule is CC(=O)O[C@@]12CO[C@@H]1C[C@H](O)[C@@]1(C)C(=O)[C@H](O)C3=C(C)[C@@H](OC(=O)[C@H](OCCC(=O)NCCCC[C@H](NC(=O)CC[C@@H](NC(=O)[C@H](C)NC(=O)/C=C/c4ccc(C)cc4)C(N)=O)C(=O)O)[C@@H](NC(=O)C(C)(C)C)c4ccccc4)C[C@@](O)([C@@H](OC(=O)c4ccccc4)[C@H]21)C3(C)C. The van der Waals surface area contributed by atoms with Gasteiger partial charge in [0.2, 0.25) is 35.4 Å². The molecule has 26 heteroatoms. The van der Waals surface area contributed by atoms with E-state index >= 15 is 9.59 Å². The van der Waals surface area contributed by atoms with Crippen LogP contribution in [0.2, 0.25) is 0 Å². The third-order valence-electron chi connectivity index (χ3n) is 18.9. The van der Waals surface area contributed by atoms with E-state index in [1.54, 1.807) is 75.4 Å². The summed E-state index contributed by atoms with van der Waals surface area (Å²) in [6.45, 7) is 14.5. The van der Waals surface area contributed by atoms with Gasteiger partial charge in [-0.25, -0.2) is 14.4 Å². The lowest BCUT2D eigenvalue weighted by Crippen LogP contribution is -2.81. The molecule has 1 saturated heterocycles. The van der Waals surface area contributed by atoms with Crippen molar-refractivity contribution < 1.29 is 96.9 Å². The van der Waals surface area contributed by atoms with E-state index in [-0.39, 0.29) is 68.4 Å². The number of fused-ring (bicyclic) bond motifs is 5. The lowest BCUT2D eigenvalue weighted by molar-refractivity contribution is -0.346. The summed E-state index contributed by atoms with van der Waals surface area (Å²) in [5, 5.41) is 61.4. The Morgan fingerprint density at radius 3 is 2.04 bits per heavy atom. The molecular weight excluding hydrogens is 1240 g/mol. The van der Waals surface area contributed by atoms with Gasteiger partial charge in [0.1, 0.15) is 48.1 Å². The Hall–Kier alpha value is -8.69. The number of esters is 3. The molecule has 7 rings (SSSR count). The molecule has 6 amide bonds. The average Bonchev–Trinajstić information content (AvgIpc) is 0.671. The summed E-state index contributed by atoms with van der Waals surface area (Å²) in [5.74, 6) is -11.0. The zero-order chi connectivity index (χ0) is 70.8. The number of aliphatic hydroxyl groups excluding tert-OH is 2. The number of primary amides is 1. The number of nitrogens with one attached hydrogen (secondary N) is 5. The number of ether oxygens (including phenoxy) is 5. The first-order valence-corrected chi connectivity index (χ1v) is 32.1. The van der Waals surface area contributed by atoms with Gasteiger partial charge in [-0.15, -0.1) is 0 Å². The van der Waals surface area contributed by atoms with Crippen molar-refractivity contribution in [2.75, 3.05) is 19.8 Å². The summed E-state index contributed by atoms with van der Waals surface area (Å²) in [6.07, 6.45) is -8.78. The fourth-order valence-corrected chi connectivity index (χ4v) is 13.3. The highest BCUT2D eigenvalue weighted by Crippen LogP contribution is 2.64. The molecule has 0 unspecified atom stereocenters. The second-order valence-electron chi connectivity index (χ2n) is 27.0. The maximum atomic E-state index is 15.4. The number of rotatable bonds is 28. The molecule has 26 nitrogen and oxygen atoms in total. The number of carbonyl (C=O) groups is 11. The predicted octanol–water partition coefficient (Wildman–Crippen LogP) is 3.44. The van der Waals surface area contributed by atoms with Crippen molar-refractivity contribution in [3.63, 3.8) is 0 Å². The van der Waals surface area contributed by atoms with Gasteiger partial charge in [0.05, 0.1) is 42.3 Å². The molecule has 14 atom stereocenters. The van der Waals surface area contributed by atoms with Gasteiger partial charge in [-0.3, -0.25) is 38.4 Å². The van der Waals surface area contributed by atoms with Crippen molar-refractivity contribution in [3.05, 3.63) is 124 Å². The van der Waals surface area contributed by atoms with Crippen molar-refractivity contribution in [2.45, 2.75) is 193 Å². The number of aliphatic carboxylic acids is 1. The average molecular weight is 1340 g/mol. The molecule has 3 aromatic carbocycles. The summed E-state index contributed by atoms with van der Waals surface area (Å²) in [5.41, 5.74) is -1.46. The second kappa shape index (κ2) is 31.0. The molecule has 0 aromatic heterocycles. The highest BCUT2D eigenvalue weighted by molar-refractivity contribution is 5.97. The van der Waals surface area contributed by atoms with Gasteiger partial charge >= 0.3 is 23.9 Å². The van der Waals surface area contributed by atoms with E-state index in [0.29, 0.717) is 5.56 Å². The maximum absolute atomic E-state index is 15.4. The van der Waals surface area contributed by atoms with E-state index in [2.05, 4.69) is 26.6 Å². The first kappa shape index (κ1) is 74.7. The van der Waals surface area contributed by atoms with Crippen LogP contribution in [-0.2, 0) is 71.6 Å². The largest absolute Gasteiger partial charge is 0.480 e. The van der Waals surface area contributed by atoms with Crippen molar-refractivity contribution in [3.8, 4) is 0 Å². The minimum absolute atomic E-state index is 0.0281. The molecular formula is C70H90N6O20. The van der Waals surface area contributed by atoms with Crippen LogP contribution < -0.4 is 32.3 Å². The number of carbonyl (C=O) groups excluding carboxylic acids is 10. The van der Waals surface area contributed by atoms with Gasteiger partial charge in [-0.1, -0.05) is 113 Å². The zero-order valence-electron chi connectivity index (χ0n) is 55.8. The van der Waals surface area contributed by atoms with Gasteiger partial charge in [-0.2, -0.15) is 0 Å². The summed E-state index contributed by atoms with van der Waals surface area (Å²) in [7, 11) is 0. The van der Waals surface area contributed by atoms with Crippen LogP contribution in [0, 0.1) is 29.1 Å². The van der Waals surface area contributed by atoms with E-state index in [1.807, 2.05) is 31.2 Å². The third-order valence-corrected chi connectivity index (χ3v) is 18.9. The number of nitrogens with two attached hydrogens (primary N) is 1. The van der Waals surface area contributed by atoms with E-state index in [4.69, 9.17) is 29.4 Å². The molecule has 11 N–H and O–H groups in total. The van der Waals surface area contributed by atoms with Gasteiger partial charge in [0.25, 0.3) is 0 Å². The number of aryl methyl sites for hydroxylation is 1. The first-order chi connectivity index (χ1) is 45.1. The van der Waals surface area contributed by atoms with Crippen molar-refractivity contribution in [1.29, 1.82) is 0 Å². The quantitative estimate of drug-likeness (QED) is 0.0164. The molecule has 96 heavy (non-hydrogen) atoms. The number of carboxylic acids is 1. The van der Waals surface area contributed by atoms with Gasteiger partial charge in [0, 0.05) is 56.1 Å². The first-order valence-electron chi connectivity index (χ1n) is 32.1. The number of unbranched alkanes of at least 4 members (excludes halogenated alkanes) is 1. The van der Waals surface area contributed by atoms with Gasteiger partial charge < -0.3 is 76.4 Å². The zero-order valence-corrected chi connectivity index (χ0v) is 55.8. The lowest BCUT2D eigenvalue weighted by Gasteiger charge is -2.67. The van der Waals surface area contributed by atoms with Crippen molar-refractivity contribution in [1.82, 2.24) is 26.6 Å². The predicted molar refractivity (Wildman–Crippen MR) is 345 cm³/mol. The number of hydrogen-bond acceptors (Lipinski definition) is 19. The molecule has 2 saturated carbocycles. The van der Waals surface area contributed by atoms with Crippen LogP contribution in [0.3, 0.4) is 0 Å². The normalized spacial score (nSPS) is 25.8. The Kier molecular flexibility index (Phi) is 24.1. The fourth-order valence-electron chi connectivity index (χ4n) is 13.3. The van der Waals surface area contributed by atoms with Crippen LogP contribution in [0.15, 0.2) is 102 Å². The Bertz CT molecular complexity index is 3460. The molecule has 1 aliphatic heterocycles. The summed E-state index contributed by atoms with van der Waals surface area (Å²) >= 11 is 0. The summed E-state index contributed by atoms with van der Waals surface area (Å²) < 4.78 is 31.2. The molecule has 3 aliphatic carbocycles. The molecule has 3 aromatic rings. The van der Waals surface area contributed by atoms with Crippen LogP contribution in [-0.4, -0.2) is 171 Å². The van der Waals surface area contributed by atoms with Crippen LogP contribution in [0.25, 0.3) is 6.08 Å². The Morgan fingerprint density at radius 1 is 0.802 bits per heavy atom. The van der Waals surface area contributed by atoms with Gasteiger partial charge in [-0.05, 0) is 93.9 Å². The smallest absolute Gasteiger partial charge is 0.338 e. The van der Waals surface area contributed by atoms with Crippen molar-refractivity contribution in [2.24, 2.45) is 27.9 Å². The van der Waals surface area contributed by atoms with E-state index in [1.165, 1.54) is 52.8 Å². The minimum atomic E-state index is -2.46. The third kappa shape index (κ3) is 16.7. The Morgan fingerprint density at radius 2 is 1.45 bits per heavy atom. The minimum Gasteiger partial charge on any atom is -0.480 e. The van der Waals surface area contributed by atoms with Crippen molar-refractivity contribution >= 4 is 71.2 Å². The number of benzene rings is 3. The Balaban J connectivity index is 1.04. The maximum Gasteiger partial charge on any atom is 0.338 e. The summed E-state index contributed by atoms with van der Waals surface area (Å²) in [4.78, 5) is 149. The van der Waals surface area contributed by atoms with Crippen LogP contribution >= 0.6 is 0 Å². The molecule has 0 radical (unpaired) electrons. The van der Waals surface area contributed by atoms with E-state index < -0.39 is 179 Å². The molecule has 2 bridgehead atoms. The molecule has 0 spiro atoms. The standard InChI is InChI=1S/C70H90N6O20/c1-38-24-26-42(27-25-38)28-30-51(80)73-40(3)61(85)75-45(60(71)84)29-31-52(81)74-46(62(86)87)23-17-18-33-72-50(79)32-34-92-56(54(43-19-13-11-14-20-43)76-65(90)66(5,6)7)64(89)94-47-36-70(91)59(95-63(88)44-21-15-12-16-22-44)57-68(10,58(83)55(82)53(39(47)2)67(70,8)9)48(78)35-49-69(57,37-93-49)96-41(4)77/h11-16,19-22,24-28,30,40,45-49,54-57,59,78,82,91H,17-18,23,29,31-37H2,1-10H3,(H2,71,84)(H,72,79)(H,73,80)(H,74,81)(H,75,85)(H,76,90)(H,86,87)/b30-28+/t40-,45+,46-,47-,48-,49+,54-,55+,56+,57-,59-,68+,69-,70+/m0/s1. The number of hydrogen-bond donors (Lipinski definition) is 10. The number of ketones is 1. The summed E-state index contributed by atoms with van der Waals surface area (Å²) in [6, 6.07) is 18.2. The molecule has 1 heterocycles. The number of Topliss-reactive ketones (excluding diaryl/α,β-unsaturated/α-hetero) is 1. The van der Waals surface area contributed by atoms with Crippen LogP contribution in [0.5, 0.6) is 0 Å². The molecule has 3 fully saturated rings. The van der Waals surface area contributed by atoms with E-state index in [0.717, 1.165) is 18.1 Å².